The zero-order valence-electron chi connectivity index (χ0n) is 10.4. The van der Waals surface area contributed by atoms with Crippen LogP contribution in [-0.2, 0) is 9.53 Å². The van der Waals surface area contributed by atoms with Gasteiger partial charge in [-0.2, -0.15) is 0 Å². The monoisotopic (exact) mass is 241 g/mol. The molecule has 0 aliphatic carbocycles. The van der Waals surface area contributed by atoms with E-state index in [2.05, 4.69) is 15.5 Å². The van der Waals surface area contributed by atoms with E-state index in [1.54, 1.807) is 0 Å². The van der Waals surface area contributed by atoms with Gasteiger partial charge in [0.15, 0.2) is 0 Å². The number of carbonyl (C=O) groups excluding carboxylic acids is 1. The minimum Gasteiger partial charge on any atom is -0.379 e. The van der Waals surface area contributed by atoms with Crippen molar-refractivity contribution in [2.24, 2.45) is 0 Å². The fourth-order valence-corrected chi connectivity index (χ4v) is 2.36. The summed E-state index contributed by atoms with van der Waals surface area (Å²) < 4.78 is 5.28. The van der Waals surface area contributed by atoms with Crippen LogP contribution in [0.1, 0.15) is 19.3 Å². The summed E-state index contributed by atoms with van der Waals surface area (Å²) in [5.41, 5.74) is 0. The molecule has 0 saturated carbocycles. The molecule has 0 aromatic carbocycles. The molecule has 2 saturated heterocycles. The van der Waals surface area contributed by atoms with Crippen LogP contribution in [0.25, 0.3) is 0 Å². The molecule has 2 rings (SSSR count). The fraction of sp³-hybridized carbons (Fsp3) is 0.917. The van der Waals surface area contributed by atoms with Crippen molar-refractivity contribution in [3.8, 4) is 0 Å². The van der Waals surface area contributed by atoms with Crippen molar-refractivity contribution in [3.63, 3.8) is 0 Å². The van der Waals surface area contributed by atoms with E-state index < -0.39 is 0 Å². The van der Waals surface area contributed by atoms with E-state index in [1.807, 2.05) is 0 Å². The standard InChI is InChI=1S/C12H23N3O2/c16-12(11-3-1-2-4-13-11)14-5-6-15-7-9-17-10-8-15/h11,13H,1-10H2,(H,14,16)/t11-/m1/s1. The van der Waals surface area contributed by atoms with Gasteiger partial charge in [-0.15, -0.1) is 0 Å². The molecule has 1 atom stereocenters. The number of piperidine rings is 1. The van der Waals surface area contributed by atoms with Crippen LogP contribution >= 0.6 is 0 Å². The van der Waals surface area contributed by atoms with E-state index in [0.717, 1.165) is 58.8 Å². The molecule has 2 heterocycles. The quantitative estimate of drug-likeness (QED) is 0.702. The van der Waals surface area contributed by atoms with E-state index in [1.165, 1.54) is 6.42 Å². The van der Waals surface area contributed by atoms with Crippen LogP contribution in [0.3, 0.4) is 0 Å². The van der Waals surface area contributed by atoms with Gasteiger partial charge in [-0.3, -0.25) is 9.69 Å². The summed E-state index contributed by atoms with van der Waals surface area (Å²) in [5.74, 6) is 0.165. The molecule has 5 nitrogen and oxygen atoms in total. The summed E-state index contributed by atoms with van der Waals surface area (Å²) >= 11 is 0. The maximum absolute atomic E-state index is 11.8. The molecule has 0 bridgehead atoms. The summed E-state index contributed by atoms with van der Waals surface area (Å²) in [4.78, 5) is 14.2. The number of rotatable bonds is 4. The van der Waals surface area contributed by atoms with Crippen LogP contribution in [0.5, 0.6) is 0 Å². The first-order valence-electron chi connectivity index (χ1n) is 6.67. The molecule has 0 spiro atoms. The molecule has 5 heteroatoms. The highest BCUT2D eigenvalue weighted by molar-refractivity contribution is 5.81. The van der Waals surface area contributed by atoms with Gasteiger partial charge < -0.3 is 15.4 Å². The van der Waals surface area contributed by atoms with Crippen LogP contribution < -0.4 is 10.6 Å². The number of ether oxygens (including phenoxy) is 1. The molecule has 0 unspecified atom stereocenters. The molecule has 98 valence electrons. The van der Waals surface area contributed by atoms with Crippen LogP contribution in [0.4, 0.5) is 0 Å². The number of morpholine rings is 1. The Balaban J connectivity index is 1.58. The molecule has 2 aliphatic heterocycles. The van der Waals surface area contributed by atoms with Crippen molar-refractivity contribution in [1.82, 2.24) is 15.5 Å². The van der Waals surface area contributed by atoms with Gasteiger partial charge in [0.2, 0.25) is 5.91 Å². The van der Waals surface area contributed by atoms with E-state index in [4.69, 9.17) is 4.74 Å². The van der Waals surface area contributed by atoms with Gasteiger partial charge in [-0.05, 0) is 19.4 Å². The second-order valence-corrected chi connectivity index (χ2v) is 4.75. The SMILES string of the molecule is O=C(NCCN1CCOCC1)[C@H]1CCCCN1. The zero-order valence-corrected chi connectivity index (χ0v) is 10.4. The Hall–Kier alpha value is -0.650. The third kappa shape index (κ3) is 4.26. The summed E-state index contributed by atoms with van der Waals surface area (Å²) in [5, 5.41) is 6.28. The van der Waals surface area contributed by atoms with Gasteiger partial charge in [-0.25, -0.2) is 0 Å². The molecule has 17 heavy (non-hydrogen) atoms. The van der Waals surface area contributed by atoms with Gasteiger partial charge in [0.1, 0.15) is 0 Å². The molecule has 1 amide bonds. The summed E-state index contributed by atoms with van der Waals surface area (Å²) in [6, 6.07) is 0.0356. The summed E-state index contributed by atoms with van der Waals surface area (Å²) in [7, 11) is 0. The lowest BCUT2D eigenvalue weighted by molar-refractivity contribution is -0.123. The van der Waals surface area contributed by atoms with Crippen molar-refractivity contribution in [3.05, 3.63) is 0 Å². The molecule has 2 fully saturated rings. The third-order valence-corrected chi connectivity index (χ3v) is 3.46. The third-order valence-electron chi connectivity index (χ3n) is 3.46. The number of hydrogen-bond acceptors (Lipinski definition) is 4. The average molecular weight is 241 g/mol. The molecular weight excluding hydrogens is 218 g/mol. The molecule has 2 aliphatic rings. The van der Waals surface area contributed by atoms with Crippen molar-refractivity contribution in [2.75, 3.05) is 45.9 Å². The maximum Gasteiger partial charge on any atom is 0.237 e. The normalized spacial score (nSPS) is 26.7. The van der Waals surface area contributed by atoms with Gasteiger partial charge >= 0.3 is 0 Å². The Bertz CT molecular complexity index is 236. The molecular formula is C12H23N3O2. The molecule has 0 radical (unpaired) electrons. The predicted octanol–water partition coefficient (Wildman–Crippen LogP) is -0.423. The van der Waals surface area contributed by atoms with Gasteiger partial charge in [0, 0.05) is 26.2 Å². The number of nitrogens with zero attached hydrogens (tertiary/aromatic N) is 1. The fourth-order valence-electron chi connectivity index (χ4n) is 2.36. The minimum atomic E-state index is 0.0356. The van der Waals surface area contributed by atoms with Gasteiger partial charge in [-0.1, -0.05) is 6.42 Å². The van der Waals surface area contributed by atoms with E-state index in [-0.39, 0.29) is 11.9 Å². The first-order valence-corrected chi connectivity index (χ1v) is 6.67. The molecule has 0 aromatic rings. The first kappa shape index (κ1) is 12.8. The number of hydrogen-bond donors (Lipinski definition) is 2. The lowest BCUT2D eigenvalue weighted by atomic mass is 10.0. The van der Waals surface area contributed by atoms with Crippen molar-refractivity contribution < 1.29 is 9.53 Å². The molecule has 0 aromatic heterocycles. The number of nitrogens with one attached hydrogen (secondary N) is 2. The Morgan fingerprint density at radius 1 is 1.35 bits per heavy atom. The van der Waals surface area contributed by atoms with Crippen molar-refractivity contribution >= 4 is 5.91 Å². The van der Waals surface area contributed by atoms with E-state index in [0.29, 0.717) is 0 Å². The van der Waals surface area contributed by atoms with Crippen LogP contribution in [-0.4, -0.2) is 62.8 Å². The van der Waals surface area contributed by atoms with E-state index >= 15 is 0 Å². The Morgan fingerprint density at radius 3 is 2.88 bits per heavy atom. The number of amides is 1. The smallest absolute Gasteiger partial charge is 0.237 e. The average Bonchev–Trinajstić information content (AvgIpc) is 2.41. The highest BCUT2D eigenvalue weighted by atomic mass is 16.5. The van der Waals surface area contributed by atoms with Crippen LogP contribution in [0, 0.1) is 0 Å². The number of carbonyl (C=O) groups is 1. The Morgan fingerprint density at radius 2 is 2.18 bits per heavy atom. The largest absolute Gasteiger partial charge is 0.379 e. The predicted molar refractivity (Wildman–Crippen MR) is 65.9 cm³/mol. The van der Waals surface area contributed by atoms with Crippen LogP contribution in [0.15, 0.2) is 0 Å². The Labute approximate surface area is 103 Å². The Kier molecular flexibility index (Phi) is 5.22. The topological polar surface area (TPSA) is 53.6 Å². The van der Waals surface area contributed by atoms with Crippen molar-refractivity contribution in [2.45, 2.75) is 25.3 Å². The lowest BCUT2D eigenvalue weighted by Crippen LogP contribution is -2.48. The lowest BCUT2D eigenvalue weighted by Gasteiger charge is -2.27. The van der Waals surface area contributed by atoms with Crippen molar-refractivity contribution in [1.29, 1.82) is 0 Å². The second kappa shape index (κ2) is 6.93. The summed E-state index contributed by atoms with van der Waals surface area (Å²) in [6.45, 7) is 6.26. The first-order chi connectivity index (χ1) is 8.36. The zero-order chi connectivity index (χ0) is 11.9. The maximum atomic E-state index is 11.8. The van der Waals surface area contributed by atoms with Crippen LogP contribution in [0.2, 0.25) is 0 Å². The van der Waals surface area contributed by atoms with Gasteiger partial charge in [0.25, 0.3) is 0 Å². The highest BCUT2D eigenvalue weighted by Crippen LogP contribution is 2.06. The molecule has 2 N–H and O–H groups in total. The van der Waals surface area contributed by atoms with E-state index in [9.17, 15) is 4.79 Å². The van der Waals surface area contributed by atoms with Gasteiger partial charge in [0.05, 0.1) is 19.3 Å². The second-order valence-electron chi connectivity index (χ2n) is 4.75. The summed E-state index contributed by atoms with van der Waals surface area (Å²) in [6.07, 6.45) is 3.33. The minimum absolute atomic E-state index is 0.0356. The highest BCUT2D eigenvalue weighted by Gasteiger charge is 2.20.